The van der Waals surface area contributed by atoms with Crippen LogP contribution in [0.4, 0.5) is 5.69 Å². The van der Waals surface area contributed by atoms with E-state index in [1.54, 1.807) is 48.5 Å². The lowest BCUT2D eigenvalue weighted by Crippen LogP contribution is -2.45. The number of hydrogen-bond donors (Lipinski definition) is 4. The number of aromatic nitrogens is 4. The average molecular weight is 441 g/mol. The van der Waals surface area contributed by atoms with E-state index in [-0.39, 0.29) is 21.9 Å². The predicted octanol–water partition coefficient (Wildman–Crippen LogP) is 1.03. The fraction of sp³-hybridized carbons (Fsp3) is 0.0833. The number of anilines is 1. The third kappa shape index (κ3) is 3.18. The lowest BCUT2D eigenvalue weighted by Gasteiger charge is -2.28. The number of para-hydroxylation sites is 2. The summed E-state index contributed by atoms with van der Waals surface area (Å²) < 4.78 is 0. The lowest BCUT2D eigenvalue weighted by molar-refractivity contribution is -0.113. The van der Waals surface area contributed by atoms with Gasteiger partial charge >= 0.3 is 0 Å². The summed E-state index contributed by atoms with van der Waals surface area (Å²) in [5, 5.41) is 22.5. The molecule has 0 fully saturated rings. The maximum atomic E-state index is 13.3. The highest BCUT2D eigenvalue weighted by Gasteiger charge is 2.35. The van der Waals surface area contributed by atoms with Crippen LogP contribution in [0.25, 0.3) is 22.9 Å². The zero-order chi connectivity index (χ0) is 23.1. The Labute approximate surface area is 186 Å². The number of carbonyl (C=O) groups excluding carboxylic acids is 2. The van der Waals surface area contributed by atoms with E-state index in [1.807, 2.05) is 6.92 Å². The topological polar surface area (TPSA) is 135 Å². The number of H-pyrrole nitrogens is 3. The first kappa shape index (κ1) is 20.3. The summed E-state index contributed by atoms with van der Waals surface area (Å²) in [6.07, 6.45) is 3.03. The molecule has 0 bridgehead atoms. The van der Waals surface area contributed by atoms with Gasteiger partial charge in [0.2, 0.25) is 5.78 Å². The van der Waals surface area contributed by atoms with Gasteiger partial charge in [-0.3, -0.25) is 29.7 Å². The van der Waals surface area contributed by atoms with Crippen molar-refractivity contribution in [2.24, 2.45) is 0 Å². The van der Waals surface area contributed by atoms with Crippen molar-refractivity contribution >= 4 is 29.0 Å². The quantitative estimate of drug-likeness (QED) is 0.377. The number of phenols is 1. The Bertz CT molecular complexity index is 1590. The van der Waals surface area contributed by atoms with Crippen LogP contribution >= 0.6 is 0 Å². The molecule has 3 heterocycles. The number of nitrogens with zero attached hydrogens (tertiary/aromatic N) is 2. The van der Waals surface area contributed by atoms with Crippen LogP contribution in [-0.2, 0) is 4.79 Å². The molecule has 0 spiro atoms. The third-order valence-electron chi connectivity index (χ3n) is 5.65. The number of Topliss-reactive ketones (excluding diaryl/α,β-unsaturated/α-hetero) is 1. The van der Waals surface area contributed by atoms with Gasteiger partial charge in [-0.25, -0.2) is 0 Å². The molecule has 164 valence electrons. The molecule has 5 rings (SSSR count). The first-order valence-corrected chi connectivity index (χ1v) is 10.3. The van der Waals surface area contributed by atoms with E-state index in [2.05, 4.69) is 20.4 Å². The molecule has 0 saturated carbocycles. The number of hydrogen-bond acceptors (Lipinski definition) is 5. The zero-order valence-corrected chi connectivity index (χ0v) is 17.5. The third-order valence-corrected chi connectivity index (χ3v) is 5.65. The SMILES string of the molecule is CCN1C(=O)/C(=c2/[nH][nH]c(=O)/c2=C\c2cn[nH]c2-c2ccccc2O)C(=O)c2ccccc21. The Morgan fingerprint density at radius 3 is 2.48 bits per heavy atom. The fourth-order valence-corrected chi connectivity index (χ4v) is 4.08. The Morgan fingerprint density at radius 2 is 1.73 bits per heavy atom. The van der Waals surface area contributed by atoms with Crippen LogP contribution in [0.1, 0.15) is 22.8 Å². The van der Waals surface area contributed by atoms with Gasteiger partial charge in [-0.05, 0) is 37.3 Å². The van der Waals surface area contributed by atoms with Gasteiger partial charge in [-0.15, -0.1) is 0 Å². The van der Waals surface area contributed by atoms with E-state index in [0.717, 1.165) is 0 Å². The Hall–Kier alpha value is -4.66. The van der Waals surface area contributed by atoms with Crippen molar-refractivity contribution in [2.45, 2.75) is 6.92 Å². The highest BCUT2D eigenvalue weighted by Crippen LogP contribution is 2.31. The molecule has 33 heavy (non-hydrogen) atoms. The summed E-state index contributed by atoms with van der Waals surface area (Å²) in [7, 11) is 0. The minimum atomic E-state index is -0.496. The summed E-state index contributed by atoms with van der Waals surface area (Å²) >= 11 is 0. The van der Waals surface area contributed by atoms with E-state index in [4.69, 9.17) is 0 Å². The predicted molar refractivity (Wildman–Crippen MR) is 122 cm³/mol. The summed E-state index contributed by atoms with van der Waals surface area (Å²) in [5.74, 6) is -0.903. The fourth-order valence-electron chi connectivity index (χ4n) is 4.08. The number of fused-ring (bicyclic) bond motifs is 1. The first-order valence-electron chi connectivity index (χ1n) is 10.3. The molecule has 1 amide bonds. The second-order valence-electron chi connectivity index (χ2n) is 7.50. The minimum Gasteiger partial charge on any atom is -0.507 e. The number of carbonyl (C=O) groups is 2. The van der Waals surface area contributed by atoms with E-state index in [1.165, 1.54) is 17.2 Å². The maximum Gasteiger partial charge on any atom is 0.271 e. The number of rotatable bonds is 3. The molecule has 0 unspecified atom stereocenters. The zero-order valence-electron chi connectivity index (χ0n) is 17.5. The van der Waals surface area contributed by atoms with Gasteiger partial charge in [-0.2, -0.15) is 5.10 Å². The molecule has 0 aliphatic carbocycles. The van der Waals surface area contributed by atoms with Crippen LogP contribution < -0.4 is 21.0 Å². The molecular formula is C24H19N5O4. The van der Waals surface area contributed by atoms with Crippen LogP contribution in [0.2, 0.25) is 0 Å². The number of aromatic hydroxyl groups is 1. The first-order chi connectivity index (χ1) is 16.0. The number of phenolic OH excluding ortho intramolecular Hbond substituents is 1. The van der Waals surface area contributed by atoms with Crippen LogP contribution in [0.5, 0.6) is 5.75 Å². The molecule has 1 aliphatic rings. The van der Waals surface area contributed by atoms with Crippen molar-refractivity contribution in [1.29, 1.82) is 0 Å². The number of ketones is 1. The molecule has 0 saturated heterocycles. The van der Waals surface area contributed by atoms with Crippen LogP contribution in [0.15, 0.2) is 59.5 Å². The highest BCUT2D eigenvalue weighted by molar-refractivity contribution is 6.51. The van der Waals surface area contributed by atoms with Gasteiger partial charge in [0.15, 0.2) is 0 Å². The average Bonchev–Trinajstić information content (AvgIpc) is 3.42. The van der Waals surface area contributed by atoms with Gasteiger partial charge in [-0.1, -0.05) is 24.3 Å². The lowest BCUT2D eigenvalue weighted by atomic mass is 9.94. The highest BCUT2D eigenvalue weighted by atomic mass is 16.3. The standard InChI is InChI=1S/C24H19N5O4/c1-2-29-17-9-5-3-7-14(17)22(31)19(24(29)33)21-16(23(32)28-27-21)11-13-12-25-26-20(13)15-8-4-6-10-18(15)30/h3-12,27,30H,2H2,1H3,(H,25,26)(H,28,32)/b16-11-,21-19+. The molecule has 1 aliphatic heterocycles. The molecular weight excluding hydrogens is 422 g/mol. The van der Waals surface area contributed by atoms with E-state index >= 15 is 0 Å². The number of benzene rings is 2. The second kappa shape index (κ2) is 7.79. The summed E-state index contributed by atoms with van der Waals surface area (Å²) in [6.45, 7) is 2.18. The summed E-state index contributed by atoms with van der Waals surface area (Å²) in [6, 6.07) is 13.6. The largest absolute Gasteiger partial charge is 0.507 e. The van der Waals surface area contributed by atoms with Crippen LogP contribution in [0.3, 0.4) is 0 Å². The van der Waals surface area contributed by atoms with Crippen molar-refractivity contribution < 1.29 is 14.7 Å². The molecule has 0 atom stereocenters. The van der Waals surface area contributed by atoms with Gasteiger partial charge in [0.25, 0.3) is 11.5 Å². The van der Waals surface area contributed by atoms with Crippen molar-refractivity contribution in [3.05, 3.63) is 86.8 Å². The molecule has 2 aromatic heterocycles. The van der Waals surface area contributed by atoms with Gasteiger partial charge in [0.05, 0.1) is 28.1 Å². The van der Waals surface area contributed by atoms with Crippen LogP contribution in [-0.4, -0.2) is 43.7 Å². The molecule has 4 N–H and O–H groups in total. The van der Waals surface area contributed by atoms with E-state index in [9.17, 15) is 19.5 Å². The monoisotopic (exact) mass is 441 g/mol. The Morgan fingerprint density at radius 1 is 1.00 bits per heavy atom. The van der Waals surface area contributed by atoms with Gasteiger partial charge < -0.3 is 10.0 Å². The number of aromatic amines is 3. The van der Waals surface area contributed by atoms with Crippen molar-refractivity contribution in [2.75, 3.05) is 11.4 Å². The maximum absolute atomic E-state index is 13.3. The summed E-state index contributed by atoms with van der Waals surface area (Å²) in [4.78, 5) is 40.8. The molecule has 0 radical (unpaired) electrons. The molecule has 9 heteroatoms. The Balaban J connectivity index is 1.78. The van der Waals surface area contributed by atoms with Gasteiger partial charge in [0.1, 0.15) is 11.3 Å². The van der Waals surface area contributed by atoms with Crippen molar-refractivity contribution in [3.63, 3.8) is 0 Å². The van der Waals surface area contributed by atoms with Gasteiger partial charge in [0, 0.05) is 23.2 Å². The summed E-state index contributed by atoms with van der Waals surface area (Å²) in [5.41, 5.74) is 1.81. The normalized spacial score (nSPS) is 15.8. The van der Waals surface area contributed by atoms with E-state index < -0.39 is 17.2 Å². The van der Waals surface area contributed by atoms with E-state index in [0.29, 0.717) is 34.6 Å². The number of amides is 1. The minimum absolute atomic E-state index is 0.0433. The number of nitrogens with one attached hydrogen (secondary N) is 3. The molecule has 9 nitrogen and oxygen atoms in total. The Kier molecular flexibility index (Phi) is 4.78. The smallest absolute Gasteiger partial charge is 0.271 e. The molecule has 2 aromatic carbocycles. The second-order valence-corrected chi connectivity index (χ2v) is 7.50. The van der Waals surface area contributed by atoms with Crippen LogP contribution in [0, 0.1) is 0 Å². The van der Waals surface area contributed by atoms with Crippen molar-refractivity contribution in [3.8, 4) is 17.0 Å². The molecule has 4 aromatic rings. The van der Waals surface area contributed by atoms with Crippen molar-refractivity contribution in [1.82, 2.24) is 20.4 Å².